The molecular formula is C55H37NO. The normalized spacial score (nSPS) is 12.8. The van der Waals surface area contributed by atoms with Crippen molar-refractivity contribution in [2.24, 2.45) is 0 Å². The molecule has 0 saturated heterocycles. The lowest BCUT2D eigenvalue weighted by atomic mass is 9.66. The summed E-state index contributed by atoms with van der Waals surface area (Å²) in [4.78, 5) is 2.35. The summed E-state index contributed by atoms with van der Waals surface area (Å²) in [6, 6.07) is 80.9. The Morgan fingerprint density at radius 2 is 0.772 bits per heavy atom. The molecule has 2 heteroatoms. The highest BCUT2D eigenvalue weighted by atomic mass is 16.5. The van der Waals surface area contributed by atoms with E-state index in [9.17, 15) is 0 Å². The zero-order chi connectivity index (χ0) is 37.8. The van der Waals surface area contributed by atoms with Crippen LogP contribution in [0.3, 0.4) is 0 Å². The summed E-state index contributed by atoms with van der Waals surface area (Å²) in [5, 5.41) is 0. The highest BCUT2D eigenvalue weighted by molar-refractivity contribution is 5.97. The molecular weight excluding hydrogens is 691 g/mol. The van der Waals surface area contributed by atoms with Crippen LogP contribution in [0.5, 0.6) is 11.5 Å². The number of hydrogen-bond donors (Lipinski definition) is 0. The molecule has 9 aromatic rings. The van der Waals surface area contributed by atoms with Gasteiger partial charge in [0.05, 0.1) is 5.41 Å². The molecule has 0 aromatic heterocycles. The summed E-state index contributed by atoms with van der Waals surface area (Å²) in [6.07, 6.45) is 0. The average Bonchev–Trinajstić information content (AvgIpc) is 3.58. The third-order valence-electron chi connectivity index (χ3n) is 11.7. The van der Waals surface area contributed by atoms with E-state index >= 15 is 0 Å². The van der Waals surface area contributed by atoms with Gasteiger partial charge in [-0.1, -0.05) is 170 Å². The summed E-state index contributed by atoms with van der Waals surface area (Å²) < 4.78 is 6.57. The predicted molar refractivity (Wildman–Crippen MR) is 235 cm³/mol. The molecule has 9 aromatic carbocycles. The van der Waals surface area contributed by atoms with Crippen molar-refractivity contribution in [3.63, 3.8) is 0 Å². The zero-order valence-electron chi connectivity index (χ0n) is 31.2. The van der Waals surface area contributed by atoms with Crippen molar-refractivity contribution in [3.8, 4) is 56.0 Å². The number of benzene rings is 9. The second kappa shape index (κ2) is 13.4. The maximum absolute atomic E-state index is 6.57. The van der Waals surface area contributed by atoms with Gasteiger partial charge in [-0.25, -0.2) is 0 Å². The standard InChI is InChI=1S/C55H37NO/c1-3-16-38(17-4-1)40-18-13-19-41(36-40)42-20-14-23-45(37-42)56(43-21-5-2-6-22-43)44-34-32-39(33-35-44)46-25-15-29-51-54(46)47-24-7-8-26-48(47)55(51)49-27-9-11-30-52(49)57-53-31-12-10-28-50(53)55/h1-37H. The molecule has 0 amide bonds. The van der Waals surface area contributed by atoms with Crippen LogP contribution in [0.1, 0.15) is 22.3 Å². The molecule has 0 radical (unpaired) electrons. The summed E-state index contributed by atoms with van der Waals surface area (Å²) in [7, 11) is 0. The minimum atomic E-state index is -0.497. The molecule has 0 N–H and O–H groups in total. The largest absolute Gasteiger partial charge is 0.457 e. The van der Waals surface area contributed by atoms with Crippen LogP contribution >= 0.6 is 0 Å². The second-order valence-electron chi connectivity index (χ2n) is 14.8. The molecule has 1 spiro atoms. The van der Waals surface area contributed by atoms with Crippen LogP contribution in [-0.4, -0.2) is 0 Å². The van der Waals surface area contributed by atoms with Crippen molar-refractivity contribution in [2.75, 3.05) is 4.90 Å². The third-order valence-corrected chi connectivity index (χ3v) is 11.7. The Kier molecular flexibility index (Phi) is 7.75. The van der Waals surface area contributed by atoms with Crippen molar-refractivity contribution >= 4 is 17.1 Å². The van der Waals surface area contributed by atoms with Crippen LogP contribution in [0.15, 0.2) is 224 Å². The Hall–Kier alpha value is -7.42. The molecule has 1 aliphatic carbocycles. The SMILES string of the molecule is c1ccc(-c2cccc(-c3cccc(N(c4ccccc4)c4ccc(-c5cccc6c5-c5ccccc5C65c6ccccc6Oc6ccccc65)cc4)c3)c2)cc1. The van der Waals surface area contributed by atoms with E-state index in [1.807, 2.05) is 0 Å². The van der Waals surface area contributed by atoms with Gasteiger partial charge in [0.25, 0.3) is 0 Å². The molecule has 0 saturated carbocycles. The summed E-state index contributed by atoms with van der Waals surface area (Å²) >= 11 is 0. The predicted octanol–water partition coefficient (Wildman–Crippen LogP) is 14.6. The molecule has 2 nitrogen and oxygen atoms in total. The van der Waals surface area contributed by atoms with Crippen molar-refractivity contribution < 1.29 is 4.74 Å². The monoisotopic (exact) mass is 727 g/mol. The lowest BCUT2D eigenvalue weighted by Gasteiger charge is -2.39. The quantitative estimate of drug-likeness (QED) is 0.169. The first-order valence-electron chi connectivity index (χ1n) is 19.6. The van der Waals surface area contributed by atoms with Crippen molar-refractivity contribution in [3.05, 3.63) is 247 Å². The van der Waals surface area contributed by atoms with E-state index < -0.39 is 5.41 Å². The van der Waals surface area contributed by atoms with E-state index in [2.05, 4.69) is 229 Å². The minimum Gasteiger partial charge on any atom is -0.457 e. The maximum Gasteiger partial charge on any atom is 0.132 e. The Morgan fingerprint density at radius 3 is 1.49 bits per heavy atom. The number of fused-ring (bicyclic) bond motifs is 9. The first kappa shape index (κ1) is 33.0. The van der Waals surface area contributed by atoms with Crippen LogP contribution in [0.4, 0.5) is 17.1 Å². The molecule has 268 valence electrons. The van der Waals surface area contributed by atoms with Gasteiger partial charge < -0.3 is 9.64 Å². The zero-order valence-corrected chi connectivity index (χ0v) is 31.2. The Morgan fingerprint density at radius 1 is 0.298 bits per heavy atom. The average molecular weight is 728 g/mol. The van der Waals surface area contributed by atoms with Gasteiger partial charge in [0.2, 0.25) is 0 Å². The summed E-state index contributed by atoms with van der Waals surface area (Å²) in [5.41, 5.74) is 17.4. The second-order valence-corrected chi connectivity index (χ2v) is 14.8. The number of nitrogens with zero attached hydrogens (tertiary/aromatic N) is 1. The smallest absolute Gasteiger partial charge is 0.132 e. The Bertz CT molecular complexity index is 2890. The molecule has 0 unspecified atom stereocenters. The van der Waals surface area contributed by atoms with Crippen molar-refractivity contribution in [2.45, 2.75) is 5.41 Å². The van der Waals surface area contributed by atoms with Gasteiger partial charge in [-0.15, -0.1) is 0 Å². The maximum atomic E-state index is 6.57. The van der Waals surface area contributed by atoms with Crippen LogP contribution in [0.25, 0.3) is 44.5 Å². The van der Waals surface area contributed by atoms with Gasteiger partial charge in [0.1, 0.15) is 11.5 Å². The van der Waals surface area contributed by atoms with Crippen molar-refractivity contribution in [1.29, 1.82) is 0 Å². The number of hydrogen-bond acceptors (Lipinski definition) is 2. The van der Waals surface area contributed by atoms with Gasteiger partial charge >= 0.3 is 0 Å². The fourth-order valence-electron chi connectivity index (χ4n) is 9.29. The fraction of sp³-hybridized carbons (Fsp3) is 0.0182. The summed E-state index contributed by atoms with van der Waals surface area (Å²) in [6.45, 7) is 0. The van der Waals surface area contributed by atoms with E-state index in [1.54, 1.807) is 0 Å². The third kappa shape index (κ3) is 5.26. The highest BCUT2D eigenvalue weighted by Crippen LogP contribution is 2.63. The topological polar surface area (TPSA) is 12.5 Å². The first-order valence-corrected chi connectivity index (χ1v) is 19.6. The molecule has 0 fully saturated rings. The Labute approximate surface area is 333 Å². The molecule has 0 bridgehead atoms. The van der Waals surface area contributed by atoms with Gasteiger partial charge in [-0.2, -0.15) is 0 Å². The molecule has 1 aliphatic heterocycles. The van der Waals surface area contributed by atoms with E-state index in [0.29, 0.717) is 0 Å². The fourth-order valence-corrected chi connectivity index (χ4v) is 9.29. The summed E-state index contributed by atoms with van der Waals surface area (Å²) in [5.74, 6) is 1.81. The number of para-hydroxylation sites is 3. The van der Waals surface area contributed by atoms with Crippen LogP contribution in [0, 0.1) is 0 Å². The van der Waals surface area contributed by atoms with Gasteiger partial charge in [0, 0.05) is 28.2 Å². The van der Waals surface area contributed by atoms with E-state index in [4.69, 9.17) is 4.74 Å². The lowest BCUT2D eigenvalue weighted by molar-refractivity contribution is 0.436. The lowest BCUT2D eigenvalue weighted by Crippen LogP contribution is -2.32. The molecule has 11 rings (SSSR count). The highest BCUT2D eigenvalue weighted by Gasteiger charge is 2.51. The number of ether oxygens (including phenoxy) is 1. The van der Waals surface area contributed by atoms with Crippen LogP contribution in [-0.2, 0) is 5.41 Å². The van der Waals surface area contributed by atoms with E-state index in [0.717, 1.165) is 28.6 Å². The van der Waals surface area contributed by atoms with Gasteiger partial charge in [0.15, 0.2) is 0 Å². The van der Waals surface area contributed by atoms with Crippen LogP contribution in [0.2, 0.25) is 0 Å². The minimum absolute atomic E-state index is 0.497. The molecule has 57 heavy (non-hydrogen) atoms. The first-order chi connectivity index (χ1) is 28.3. The number of rotatable bonds is 6. The molecule has 1 heterocycles. The van der Waals surface area contributed by atoms with E-state index in [1.165, 1.54) is 66.8 Å². The van der Waals surface area contributed by atoms with E-state index in [-0.39, 0.29) is 0 Å². The van der Waals surface area contributed by atoms with Gasteiger partial charge in [-0.3, -0.25) is 0 Å². The molecule has 2 aliphatic rings. The molecule has 0 atom stereocenters. The number of anilines is 3. The van der Waals surface area contributed by atoms with Gasteiger partial charge in [-0.05, 0) is 110 Å². The van der Waals surface area contributed by atoms with Crippen LogP contribution < -0.4 is 9.64 Å². The van der Waals surface area contributed by atoms with Crippen molar-refractivity contribution in [1.82, 2.24) is 0 Å². The Balaban J connectivity index is 1.03.